The minimum Gasteiger partial charge on any atom is -0.433 e. The Morgan fingerprint density at radius 2 is 1.91 bits per heavy atom. The van der Waals surface area contributed by atoms with Crippen molar-refractivity contribution in [2.24, 2.45) is 7.05 Å². The number of ether oxygens (including phenoxy) is 1. The fraction of sp³-hybridized carbons (Fsp3) is 0.333. The molecule has 0 unspecified atom stereocenters. The van der Waals surface area contributed by atoms with E-state index in [4.69, 9.17) is 4.74 Å². The number of alkyl halides is 2. The van der Waals surface area contributed by atoms with Crippen LogP contribution in [0.2, 0.25) is 0 Å². The lowest BCUT2D eigenvalue weighted by Gasteiger charge is -2.37. The van der Waals surface area contributed by atoms with Crippen LogP contribution < -0.4 is 20.3 Å². The summed E-state index contributed by atoms with van der Waals surface area (Å²) in [5.41, 5.74) is 3.63. The minimum absolute atomic E-state index is 0.0758. The maximum absolute atomic E-state index is 13.6. The lowest BCUT2D eigenvalue weighted by atomic mass is 10.1. The molecule has 2 N–H and O–H groups in total. The molecule has 5 rings (SSSR count). The van der Waals surface area contributed by atoms with Crippen LogP contribution in [0.4, 0.5) is 31.7 Å². The van der Waals surface area contributed by atoms with Crippen molar-refractivity contribution in [1.29, 1.82) is 0 Å². The Hall–Kier alpha value is -4.62. The molecule has 2 aromatic carbocycles. The summed E-state index contributed by atoms with van der Waals surface area (Å²) in [6.07, 6.45) is 4.34. The fourth-order valence-corrected chi connectivity index (χ4v) is 4.98. The predicted octanol–water partition coefficient (Wildman–Crippen LogP) is 4.18. The van der Waals surface area contributed by atoms with Crippen molar-refractivity contribution < 1.29 is 18.3 Å². The molecule has 1 fully saturated rings. The maximum Gasteiger partial charge on any atom is 0.387 e. The molecule has 1 amide bonds. The number of anilines is 4. The van der Waals surface area contributed by atoms with Gasteiger partial charge in [-0.2, -0.15) is 13.9 Å². The van der Waals surface area contributed by atoms with Crippen molar-refractivity contribution in [3.63, 3.8) is 0 Å². The SMILES string of the molecule is C=CC(=O)Nc1cc(Nc2cc(-c3ccc4cnn(C)c4c3)ncn2)c(OC(F)F)cc1N1CCN(CCN(C)C)CC1. The summed E-state index contributed by atoms with van der Waals surface area (Å²) in [7, 11) is 5.93. The van der Waals surface area contributed by atoms with Crippen molar-refractivity contribution in [2.45, 2.75) is 6.61 Å². The number of aromatic nitrogens is 4. The van der Waals surface area contributed by atoms with E-state index in [1.165, 1.54) is 12.4 Å². The van der Waals surface area contributed by atoms with Crippen molar-refractivity contribution in [2.75, 3.05) is 68.9 Å². The summed E-state index contributed by atoms with van der Waals surface area (Å²) >= 11 is 0. The second-order valence-corrected chi connectivity index (χ2v) is 10.5. The number of hydrogen-bond acceptors (Lipinski definition) is 9. The molecule has 0 spiro atoms. The molecular formula is C30H35F2N9O2. The summed E-state index contributed by atoms with van der Waals surface area (Å²) < 4.78 is 34.0. The number of amides is 1. The first-order chi connectivity index (χ1) is 20.7. The number of rotatable bonds is 11. The number of aryl methyl sites for hydroxylation is 1. The smallest absolute Gasteiger partial charge is 0.387 e. The predicted molar refractivity (Wildman–Crippen MR) is 164 cm³/mol. The van der Waals surface area contributed by atoms with Gasteiger partial charge in [-0.05, 0) is 32.3 Å². The number of halogens is 2. The molecule has 13 heteroatoms. The van der Waals surface area contributed by atoms with Crippen LogP contribution >= 0.6 is 0 Å². The van der Waals surface area contributed by atoms with Crippen LogP contribution in [0.1, 0.15) is 0 Å². The average Bonchev–Trinajstić information content (AvgIpc) is 3.37. The molecule has 2 aromatic heterocycles. The van der Waals surface area contributed by atoms with Crippen molar-refractivity contribution in [3.8, 4) is 17.0 Å². The number of likely N-dealkylation sites (N-methyl/N-ethyl adjacent to an activating group) is 1. The number of fused-ring (bicyclic) bond motifs is 1. The number of piperazine rings is 1. The van der Waals surface area contributed by atoms with E-state index in [-0.39, 0.29) is 11.4 Å². The Balaban J connectivity index is 1.45. The largest absolute Gasteiger partial charge is 0.433 e. The van der Waals surface area contributed by atoms with Crippen LogP contribution in [0.15, 0.2) is 61.6 Å². The molecule has 3 heterocycles. The highest BCUT2D eigenvalue weighted by Gasteiger charge is 2.23. The van der Waals surface area contributed by atoms with Gasteiger partial charge in [-0.1, -0.05) is 18.7 Å². The zero-order chi connectivity index (χ0) is 30.5. The van der Waals surface area contributed by atoms with Crippen LogP contribution in [0.5, 0.6) is 5.75 Å². The minimum atomic E-state index is -3.06. The molecule has 0 atom stereocenters. The van der Waals surface area contributed by atoms with Gasteiger partial charge in [-0.25, -0.2) is 9.97 Å². The monoisotopic (exact) mass is 591 g/mol. The molecule has 226 valence electrons. The fourth-order valence-electron chi connectivity index (χ4n) is 4.98. The van der Waals surface area contributed by atoms with Gasteiger partial charge in [0, 0.05) is 69.4 Å². The highest BCUT2D eigenvalue weighted by atomic mass is 19.3. The first-order valence-corrected chi connectivity index (χ1v) is 13.9. The maximum atomic E-state index is 13.6. The van der Waals surface area contributed by atoms with Crippen LogP contribution in [0, 0.1) is 0 Å². The summed E-state index contributed by atoms with van der Waals surface area (Å²) in [5, 5.41) is 11.2. The topological polar surface area (TPSA) is 104 Å². The van der Waals surface area contributed by atoms with Crippen LogP contribution in [0.25, 0.3) is 22.2 Å². The first-order valence-electron chi connectivity index (χ1n) is 13.9. The Kier molecular flexibility index (Phi) is 9.12. The second-order valence-electron chi connectivity index (χ2n) is 10.5. The lowest BCUT2D eigenvalue weighted by Crippen LogP contribution is -2.48. The molecule has 0 aliphatic carbocycles. The number of carbonyl (C=O) groups is 1. The third-order valence-corrected chi connectivity index (χ3v) is 7.31. The van der Waals surface area contributed by atoms with Gasteiger partial charge in [0.1, 0.15) is 12.1 Å². The van der Waals surface area contributed by atoms with E-state index >= 15 is 0 Å². The number of benzene rings is 2. The highest BCUT2D eigenvalue weighted by Crippen LogP contribution is 2.40. The lowest BCUT2D eigenvalue weighted by molar-refractivity contribution is -0.111. The van der Waals surface area contributed by atoms with Crippen molar-refractivity contribution in [3.05, 3.63) is 61.6 Å². The van der Waals surface area contributed by atoms with E-state index in [1.54, 1.807) is 23.0 Å². The third-order valence-electron chi connectivity index (χ3n) is 7.31. The van der Waals surface area contributed by atoms with Gasteiger partial charge < -0.3 is 25.2 Å². The summed E-state index contributed by atoms with van der Waals surface area (Å²) in [4.78, 5) is 27.6. The molecule has 11 nitrogen and oxygen atoms in total. The highest BCUT2D eigenvalue weighted by molar-refractivity contribution is 6.02. The molecule has 0 bridgehead atoms. The molecule has 1 saturated heterocycles. The van der Waals surface area contributed by atoms with Crippen molar-refractivity contribution >= 4 is 39.7 Å². The van der Waals surface area contributed by atoms with Crippen LogP contribution in [-0.4, -0.2) is 95.4 Å². The van der Waals surface area contributed by atoms with Crippen LogP contribution in [0.3, 0.4) is 0 Å². The second kappa shape index (κ2) is 13.1. The van der Waals surface area contributed by atoms with Gasteiger partial charge in [0.25, 0.3) is 0 Å². The van der Waals surface area contributed by atoms with Gasteiger partial charge in [0.05, 0.1) is 34.5 Å². The van der Waals surface area contributed by atoms with E-state index < -0.39 is 12.5 Å². The van der Waals surface area contributed by atoms with Gasteiger partial charge in [0.15, 0.2) is 5.75 Å². The molecule has 0 radical (unpaired) electrons. The van der Waals surface area contributed by atoms with Gasteiger partial charge in [-0.15, -0.1) is 0 Å². The number of carbonyl (C=O) groups excluding carboxylic acids is 1. The molecule has 4 aromatic rings. The third kappa shape index (κ3) is 7.24. The van der Waals surface area contributed by atoms with E-state index in [1.807, 2.05) is 39.3 Å². The number of nitrogens with zero attached hydrogens (tertiary/aromatic N) is 7. The summed E-state index contributed by atoms with van der Waals surface area (Å²) in [6, 6.07) is 10.7. The molecule has 43 heavy (non-hydrogen) atoms. The van der Waals surface area contributed by atoms with Crippen molar-refractivity contribution in [1.82, 2.24) is 29.5 Å². The summed E-state index contributed by atoms with van der Waals surface area (Å²) in [5.74, 6) is -0.139. The first kappa shape index (κ1) is 29.9. The van der Waals surface area contributed by atoms with E-state index in [0.29, 0.717) is 36.0 Å². The quantitative estimate of drug-likeness (QED) is 0.249. The Morgan fingerprint density at radius 1 is 1.12 bits per heavy atom. The van der Waals surface area contributed by atoms with Gasteiger partial charge >= 0.3 is 6.61 Å². The van der Waals surface area contributed by atoms with E-state index in [9.17, 15) is 13.6 Å². The average molecular weight is 592 g/mol. The number of nitrogens with one attached hydrogen (secondary N) is 2. The Bertz CT molecular complexity index is 1600. The molecular weight excluding hydrogens is 556 g/mol. The Labute approximate surface area is 248 Å². The standard InChI is InChI=1S/C30H35F2N9O2/c1-5-29(42)37-23-15-24(27(43-30(31)32)17-26(23)41-12-10-40(11-13-41)9-8-38(2)3)36-28-16-22(33-19-34-28)20-6-7-21-18-35-39(4)25(21)14-20/h5-7,14-19,30H,1,8-13H2,2-4H3,(H,37,42)(H,33,34,36). The van der Waals surface area contributed by atoms with E-state index in [2.05, 4.69) is 47.0 Å². The van der Waals surface area contributed by atoms with Crippen LogP contribution in [-0.2, 0) is 11.8 Å². The molecule has 1 aliphatic heterocycles. The molecule has 0 saturated carbocycles. The zero-order valence-corrected chi connectivity index (χ0v) is 24.4. The summed E-state index contributed by atoms with van der Waals surface area (Å²) in [6.45, 7) is 5.26. The molecule has 1 aliphatic rings. The zero-order valence-electron chi connectivity index (χ0n) is 24.4. The Morgan fingerprint density at radius 3 is 2.63 bits per heavy atom. The van der Waals surface area contributed by atoms with E-state index in [0.717, 1.165) is 48.7 Å². The van der Waals surface area contributed by atoms with Gasteiger partial charge in [0.2, 0.25) is 5.91 Å². The normalized spacial score (nSPS) is 14.0. The number of hydrogen-bond donors (Lipinski definition) is 2. The van der Waals surface area contributed by atoms with Gasteiger partial charge in [-0.3, -0.25) is 14.4 Å².